The van der Waals surface area contributed by atoms with E-state index in [1.165, 1.54) is 68.8 Å². The Labute approximate surface area is 158 Å². The average molecular weight is 358 g/mol. The van der Waals surface area contributed by atoms with Gasteiger partial charge in [-0.1, -0.05) is 26.7 Å². The van der Waals surface area contributed by atoms with E-state index in [2.05, 4.69) is 33.5 Å². The third-order valence-corrected chi connectivity index (χ3v) is 6.62. The molecule has 1 saturated heterocycles. The van der Waals surface area contributed by atoms with Crippen LogP contribution < -0.4 is 4.90 Å². The maximum Gasteiger partial charge on any atom is 0.135 e. The summed E-state index contributed by atoms with van der Waals surface area (Å²) in [5, 5.41) is 0. The Kier molecular flexibility index (Phi) is 5.75. The van der Waals surface area contributed by atoms with Gasteiger partial charge in [0.15, 0.2) is 0 Å². The Bertz CT molecular complexity index is 592. The molecule has 0 aromatic carbocycles. The molecule has 2 fully saturated rings. The molecule has 0 N–H and O–H groups in total. The van der Waals surface area contributed by atoms with Crippen LogP contribution >= 0.6 is 0 Å². The highest BCUT2D eigenvalue weighted by molar-refractivity contribution is 5.50. The van der Waals surface area contributed by atoms with Crippen LogP contribution in [0.1, 0.15) is 57.2 Å². The first-order valence-electron chi connectivity index (χ1n) is 10.8. The molecule has 4 rings (SSSR count). The zero-order chi connectivity index (χ0) is 17.9. The Morgan fingerprint density at radius 2 is 1.92 bits per heavy atom. The molecule has 1 aliphatic carbocycles. The van der Waals surface area contributed by atoms with Crippen LogP contribution in [0.2, 0.25) is 0 Å². The Hall–Kier alpha value is -1.20. The van der Waals surface area contributed by atoms with Crippen LogP contribution in [-0.4, -0.2) is 65.1 Å². The summed E-state index contributed by atoms with van der Waals surface area (Å²) in [6, 6.07) is 0.870. The van der Waals surface area contributed by atoms with Crippen molar-refractivity contribution < 1.29 is 0 Å². The molecule has 0 spiro atoms. The van der Waals surface area contributed by atoms with E-state index < -0.39 is 0 Å². The molecule has 1 aromatic heterocycles. The average Bonchev–Trinajstić information content (AvgIpc) is 2.60. The van der Waals surface area contributed by atoms with Crippen LogP contribution in [0, 0.1) is 5.92 Å². The van der Waals surface area contributed by atoms with Gasteiger partial charge < -0.3 is 4.90 Å². The third kappa shape index (κ3) is 3.89. The minimum Gasteiger partial charge on any atom is -0.354 e. The zero-order valence-electron chi connectivity index (χ0n) is 16.7. The molecule has 2 aliphatic heterocycles. The fourth-order valence-electron chi connectivity index (χ4n) is 4.90. The second-order valence-electron chi connectivity index (χ2n) is 8.61. The maximum absolute atomic E-state index is 4.71. The van der Waals surface area contributed by atoms with E-state index in [1.807, 2.05) is 0 Å². The van der Waals surface area contributed by atoms with Crippen LogP contribution in [0.5, 0.6) is 0 Å². The summed E-state index contributed by atoms with van der Waals surface area (Å²) >= 11 is 0. The van der Waals surface area contributed by atoms with Gasteiger partial charge in [0.1, 0.15) is 12.1 Å². The monoisotopic (exact) mass is 357 g/mol. The normalized spacial score (nSPS) is 23.5. The smallest absolute Gasteiger partial charge is 0.135 e. The van der Waals surface area contributed by atoms with Crippen molar-refractivity contribution in [2.45, 2.75) is 65.0 Å². The van der Waals surface area contributed by atoms with Crippen LogP contribution in [-0.2, 0) is 13.0 Å². The zero-order valence-corrected chi connectivity index (χ0v) is 16.7. The second kappa shape index (κ2) is 8.22. The van der Waals surface area contributed by atoms with E-state index in [-0.39, 0.29) is 0 Å². The first-order valence-corrected chi connectivity index (χ1v) is 10.8. The number of hydrogen-bond acceptors (Lipinski definition) is 5. The highest BCUT2D eigenvalue weighted by Gasteiger charge is 2.30. The van der Waals surface area contributed by atoms with Gasteiger partial charge in [-0.15, -0.1) is 0 Å². The number of rotatable bonds is 6. The van der Waals surface area contributed by atoms with Gasteiger partial charge in [-0.05, 0) is 31.6 Å². The highest BCUT2D eigenvalue weighted by atomic mass is 15.3. The summed E-state index contributed by atoms with van der Waals surface area (Å²) in [5.41, 5.74) is 2.69. The van der Waals surface area contributed by atoms with Crippen molar-refractivity contribution in [1.29, 1.82) is 0 Å². The van der Waals surface area contributed by atoms with E-state index >= 15 is 0 Å². The van der Waals surface area contributed by atoms with Crippen molar-refractivity contribution >= 4 is 5.82 Å². The van der Waals surface area contributed by atoms with Crippen LogP contribution in [0.15, 0.2) is 6.33 Å². The minimum absolute atomic E-state index is 0.780. The predicted octanol–water partition coefficient (Wildman–Crippen LogP) is 2.95. The van der Waals surface area contributed by atoms with Gasteiger partial charge in [0.2, 0.25) is 0 Å². The van der Waals surface area contributed by atoms with Crippen LogP contribution in [0.3, 0.4) is 0 Å². The minimum atomic E-state index is 0.780. The lowest BCUT2D eigenvalue weighted by Gasteiger charge is -2.43. The van der Waals surface area contributed by atoms with Crippen molar-refractivity contribution in [3.8, 4) is 0 Å². The second-order valence-corrected chi connectivity index (χ2v) is 8.61. The number of hydrogen-bond donors (Lipinski definition) is 0. The molecule has 1 aromatic rings. The van der Waals surface area contributed by atoms with Crippen molar-refractivity contribution in [3.63, 3.8) is 0 Å². The first-order chi connectivity index (χ1) is 12.7. The lowest BCUT2D eigenvalue weighted by atomic mass is 9.91. The molecular weight excluding hydrogens is 322 g/mol. The molecule has 0 amide bonds. The van der Waals surface area contributed by atoms with Gasteiger partial charge in [0, 0.05) is 57.4 Å². The molecule has 5 nitrogen and oxygen atoms in total. The lowest BCUT2D eigenvalue weighted by Crippen LogP contribution is -2.52. The maximum atomic E-state index is 4.71. The molecule has 3 heterocycles. The van der Waals surface area contributed by atoms with Crippen molar-refractivity contribution in [3.05, 3.63) is 17.6 Å². The molecule has 5 heteroatoms. The number of nitrogens with zero attached hydrogens (tertiary/aromatic N) is 5. The number of anilines is 1. The standard InChI is InChI=1S/C21H35N5/c1-3-5-17(2)14-24-9-8-19-20(15-24)22-16-23-21(19)26-12-10-25(11-13-26)18-6-4-7-18/h16-18H,3-15H2,1-2H3. The summed E-state index contributed by atoms with van der Waals surface area (Å²) in [5.74, 6) is 2.01. The molecule has 3 aliphatic rings. The van der Waals surface area contributed by atoms with Gasteiger partial charge >= 0.3 is 0 Å². The SMILES string of the molecule is CCCC(C)CN1CCc2c(ncnc2N2CCN(C3CCC3)CC2)C1. The summed E-state index contributed by atoms with van der Waals surface area (Å²) in [6.07, 6.45) is 9.76. The molecule has 1 atom stereocenters. The van der Waals surface area contributed by atoms with Gasteiger partial charge in [-0.2, -0.15) is 0 Å². The van der Waals surface area contributed by atoms with Crippen LogP contribution in [0.25, 0.3) is 0 Å². The quantitative estimate of drug-likeness (QED) is 0.782. The summed E-state index contributed by atoms with van der Waals surface area (Å²) in [6.45, 7) is 12.7. The first kappa shape index (κ1) is 18.2. The van der Waals surface area contributed by atoms with Crippen molar-refractivity contribution in [1.82, 2.24) is 19.8 Å². The van der Waals surface area contributed by atoms with E-state index in [9.17, 15) is 0 Å². The van der Waals surface area contributed by atoms with Gasteiger partial charge in [-0.3, -0.25) is 9.80 Å². The molecule has 144 valence electrons. The molecule has 0 bridgehead atoms. The van der Waals surface area contributed by atoms with E-state index in [1.54, 1.807) is 6.33 Å². The van der Waals surface area contributed by atoms with Gasteiger partial charge in [0.25, 0.3) is 0 Å². The number of piperazine rings is 1. The summed E-state index contributed by atoms with van der Waals surface area (Å²) < 4.78 is 0. The van der Waals surface area contributed by atoms with Crippen molar-refractivity contribution in [2.24, 2.45) is 5.92 Å². The Balaban J connectivity index is 1.39. The largest absolute Gasteiger partial charge is 0.354 e. The Morgan fingerprint density at radius 1 is 1.12 bits per heavy atom. The van der Waals surface area contributed by atoms with E-state index in [4.69, 9.17) is 4.98 Å². The van der Waals surface area contributed by atoms with Gasteiger partial charge in [0.05, 0.1) is 5.69 Å². The molecule has 1 unspecified atom stereocenters. The molecular formula is C21H35N5. The molecule has 1 saturated carbocycles. The summed E-state index contributed by atoms with van der Waals surface area (Å²) in [7, 11) is 0. The number of aromatic nitrogens is 2. The van der Waals surface area contributed by atoms with Crippen LogP contribution in [0.4, 0.5) is 5.82 Å². The lowest BCUT2D eigenvalue weighted by molar-refractivity contribution is 0.120. The number of fused-ring (bicyclic) bond motifs is 1. The summed E-state index contributed by atoms with van der Waals surface area (Å²) in [4.78, 5) is 17.2. The van der Waals surface area contributed by atoms with Crippen molar-refractivity contribution in [2.75, 3.05) is 44.2 Å². The topological polar surface area (TPSA) is 35.5 Å². The van der Waals surface area contributed by atoms with Gasteiger partial charge in [-0.25, -0.2) is 9.97 Å². The third-order valence-electron chi connectivity index (χ3n) is 6.62. The highest BCUT2D eigenvalue weighted by Crippen LogP contribution is 2.29. The van der Waals surface area contributed by atoms with E-state index in [0.29, 0.717) is 0 Å². The van der Waals surface area contributed by atoms with E-state index in [0.717, 1.165) is 44.6 Å². The molecule has 0 radical (unpaired) electrons. The molecule has 26 heavy (non-hydrogen) atoms. The Morgan fingerprint density at radius 3 is 2.62 bits per heavy atom. The fraction of sp³-hybridized carbons (Fsp3) is 0.810. The predicted molar refractivity (Wildman–Crippen MR) is 107 cm³/mol. The fourth-order valence-corrected chi connectivity index (χ4v) is 4.90.